The number of nitrogens with zero attached hydrogens (tertiary/aromatic N) is 2. The van der Waals surface area contributed by atoms with E-state index in [-0.39, 0.29) is 6.03 Å². The topological polar surface area (TPSA) is 23.6 Å². The Morgan fingerprint density at radius 1 is 0.741 bits per heavy atom. The molecule has 1 aliphatic rings. The molecular formula is C24H24N2O. The molecule has 136 valence electrons. The van der Waals surface area contributed by atoms with Crippen LogP contribution in [0.3, 0.4) is 0 Å². The van der Waals surface area contributed by atoms with Gasteiger partial charge in [-0.15, -0.1) is 0 Å². The van der Waals surface area contributed by atoms with Crippen LogP contribution in [0.15, 0.2) is 66.7 Å². The molecule has 3 heteroatoms. The van der Waals surface area contributed by atoms with Crippen LogP contribution in [0.5, 0.6) is 0 Å². The third kappa shape index (κ3) is 3.10. The van der Waals surface area contributed by atoms with E-state index in [9.17, 15) is 4.79 Å². The summed E-state index contributed by atoms with van der Waals surface area (Å²) in [5.41, 5.74) is 7.77. The third-order valence-corrected chi connectivity index (χ3v) is 5.19. The van der Waals surface area contributed by atoms with Gasteiger partial charge in [-0.1, -0.05) is 66.2 Å². The molecule has 4 rings (SSSR count). The summed E-state index contributed by atoms with van der Waals surface area (Å²) in [5.74, 6) is 0. The van der Waals surface area contributed by atoms with Gasteiger partial charge in [0.25, 0.3) is 0 Å². The van der Waals surface area contributed by atoms with Crippen molar-refractivity contribution in [3.8, 4) is 11.1 Å². The Hall–Kier alpha value is -3.07. The molecule has 2 amide bonds. The Bertz CT molecular complexity index is 971. The van der Waals surface area contributed by atoms with Crippen molar-refractivity contribution in [2.75, 3.05) is 22.9 Å². The SMILES string of the molecule is Cc1cc(C)c(N2CCN(c3ccccc3-c3ccccc3)C2=O)c(C)c1. The normalized spacial score (nSPS) is 14.1. The van der Waals surface area contributed by atoms with Crippen molar-refractivity contribution in [3.05, 3.63) is 83.4 Å². The van der Waals surface area contributed by atoms with E-state index in [1.54, 1.807) is 0 Å². The maximum Gasteiger partial charge on any atom is 0.329 e. The van der Waals surface area contributed by atoms with E-state index in [1.165, 1.54) is 5.56 Å². The van der Waals surface area contributed by atoms with Crippen LogP contribution in [-0.2, 0) is 0 Å². The van der Waals surface area contributed by atoms with Gasteiger partial charge in [-0.3, -0.25) is 9.80 Å². The Labute approximate surface area is 160 Å². The first-order valence-electron chi connectivity index (χ1n) is 9.37. The van der Waals surface area contributed by atoms with Gasteiger partial charge in [0.05, 0.1) is 11.4 Å². The van der Waals surface area contributed by atoms with Gasteiger partial charge in [-0.2, -0.15) is 0 Å². The minimum atomic E-state index is 0.0495. The highest BCUT2D eigenvalue weighted by molar-refractivity contribution is 6.08. The molecule has 0 bridgehead atoms. The number of amides is 2. The molecule has 0 N–H and O–H groups in total. The van der Waals surface area contributed by atoms with Crippen molar-refractivity contribution in [1.29, 1.82) is 0 Å². The zero-order valence-electron chi connectivity index (χ0n) is 16.1. The zero-order valence-corrected chi connectivity index (χ0v) is 16.1. The number of hydrogen-bond acceptors (Lipinski definition) is 1. The number of carbonyl (C=O) groups excluding carboxylic acids is 1. The second-order valence-corrected chi connectivity index (χ2v) is 7.22. The highest BCUT2D eigenvalue weighted by Crippen LogP contribution is 2.35. The molecule has 1 fully saturated rings. The number of carbonyl (C=O) groups is 1. The maximum atomic E-state index is 13.3. The molecule has 3 aromatic rings. The number of para-hydroxylation sites is 1. The predicted molar refractivity (Wildman–Crippen MR) is 113 cm³/mol. The first-order chi connectivity index (χ1) is 13.1. The summed E-state index contributed by atoms with van der Waals surface area (Å²) in [7, 11) is 0. The summed E-state index contributed by atoms with van der Waals surface area (Å²) in [6, 6.07) is 22.8. The number of urea groups is 1. The largest absolute Gasteiger partial charge is 0.329 e. The van der Waals surface area contributed by atoms with E-state index in [1.807, 2.05) is 46.2 Å². The number of rotatable bonds is 3. The summed E-state index contributed by atoms with van der Waals surface area (Å²) in [4.78, 5) is 17.2. The fourth-order valence-corrected chi connectivity index (χ4v) is 4.14. The highest BCUT2D eigenvalue weighted by atomic mass is 16.2. The predicted octanol–water partition coefficient (Wildman–Crippen LogP) is 5.73. The smallest absolute Gasteiger partial charge is 0.292 e. The van der Waals surface area contributed by atoms with Gasteiger partial charge in [0.1, 0.15) is 0 Å². The lowest BCUT2D eigenvalue weighted by atomic mass is 10.0. The molecule has 1 heterocycles. The second-order valence-electron chi connectivity index (χ2n) is 7.22. The van der Waals surface area contributed by atoms with Crippen molar-refractivity contribution in [3.63, 3.8) is 0 Å². The first kappa shape index (κ1) is 17.3. The summed E-state index contributed by atoms with van der Waals surface area (Å²) in [5, 5.41) is 0. The van der Waals surface area contributed by atoms with Gasteiger partial charge in [0.2, 0.25) is 0 Å². The van der Waals surface area contributed by atoms with Crippen LogP contribution < -0.4 is 9.80 Å². The molecule has 0 aliphatic carbocycles. The lowest BCUT2D eigenvalue weighted by Gasteiger charge is -2.24. The maximum absolute atomic E-state index is 13.3. The van der Waals surface area contributed by atoms with Crippen LogP contribution in [0.25, 0.3) is 11.1 Å². The summed E-state index contributed by atoms with van der Waals surface area (Å²) >= 11 is 0. The minimum absolute atomic E-state index is 0.0495. The first-order valence-corrected chi connectivity index (χ1v) is 9.37. The molecule has 27 heavy (non-hydrogen) atoms. The third-order valence-electron chi connectivity index (χ3n) is 5.19. The number of benzene rings is 3. The highest BCUT2D eigenvalue weighted by Gasteiger charge is 2.33. The number of anilines is 2. The van der Waals surface area contributed by atoms with Crippen molar-refractivity contribution in [2.45, 2.75) is 20.8 Å². The number of hydrogen-bond donors (Lipinski definition) is 0. The van der Waals surface area contributed by atoms with Gasteiger partial charge in [-0.05, 0) is 43.5 Å². The molecule has 0 atom stereocenters. The van der Waals surface area contributed by atoms with Crippen LogP contribution >= 0.6 is 0 Å². The molecule has 1 aliphatic heterocycles. The quantitative estimate of drug-likeness (QED) is 0.588. The lowest BCUT2D eigenvalue weighted by Crippen LogP contribution is -2.32. The Morgan fingerprint density at radius 3 is 2.04 bits per heavy atom. The summed E-state index contributed by atoms with van der Waals surface area (Å²) in [6.07, 6.45) is 0. The van der Waals surface area contributed by atoms with E-state index in [4.69, 9.17) is 0 Å². The molecule has 0 spiro atoms. The Kier molecular flexibility index (Phi) is 4.44. The summed E-state index contributed by atoms with van der Waals surface area (Å²) in [6.45, 7) is 7.66. The van der Waals surface area contributed by atoms with E-state index >= 15 is 0 Å². The van der Waals surface area contributed by atoms with Crippen molar-refractivity contribution in [2.24, 2.45) is 0 Å². The lowest BCUT2D eigenvalue weighted by molar-refractivity contribution is 0.256. The molecule has 3 nitrogen and oxygen atoms in total. The van der Waals surface area contributed by atoms with Crippen LogP contribution in [-0.4, -0.2) is 19.1 Å². The van der Waals surface area contributed by atoms with Crippen molar-refractivity contribution >= 4 is 17.4 Å². The van der Waals surface area contributed by atoms with Crippen LogP contribution in [0.2, 0.25) is 0 Å². The van der Waals surface area contributed by atoms with Crippen LogP contribution in [0.1, 0.15) is 16.7 Å². The monoisotopic (exact) mass is 356 g/mol. The van der Waals surface area contributed by atoms with Gasteiger partial charge in [0.15, 0.2) is 0 Å². The molecular weight excluding hydrogens is 332 g/mol. The average Bonchev–Trinajstić information content (AvgIpc) is 3.03. The fourth-order valence-electron chi connectivity index (χ4n) is 4.14. The fraction of sp³-hybridized carbons (Fsp3) is 0.208. The molecule has 0 saturated carbocycles. The van der Waals surface area contributed by atoms with E-state index < -0.39 is 0 Å². The Morgan fingerprint density at radius 2 is 1.33 bits per heavy atom. The molecule has 0 radical (unpaired) electrons. The zero-order chi connectivity index (χ0) is 19.0. The van der Waals surface area contributed by atoms with Gasteiger partial charge >= 0.3 is 6.03 Å². The van der Waals surface area contributed by atoms with Gasteiger partial charge < -0.3 is 0 Å². The van der Waals surface area contributed by atoms with E-state index in [0.717, 1.165) is 33.6 Å². The molecule has 0 aromatic heterocycles. The molecule has 1 saturated heterocycles. The van der Waals surface area contributed by atoms with Gasteiger partial charge in [-0.25, -0.2) is 4.79 Å². The van der Waals surface area contributed by atoms with E-state index in [0.29, 0.717) is 13.1 Å². The summed E-state index contributed by atoms with van der Waals surface area (Å²) < 4.78 is 0. The second kappa shape index (κ2) is 6.92. The Balaban J connectivity index is 1.72. The standard InChI is InChI=1S/C24H24N2O/c1-17-15-18(2)23(19(3)16-17)26-14-13-25(24(26)27)22-12-8-7-11-21(22)20-9-5-4-6-10-20/h4-12,15-16H,13-14H2,1-3H3. The van der Waals surface area contributed by atoms with Crippen LogP contribution in [0, 0.1) is 20.8 Å². The molecule has 0 unspecified atom stereocenters. The van der Waals surface area contributed by atoms with Crippen LogP contribution in [0.4, 0.5) is 16.2 Å². The van der Waals surface area contributed by atoms with Crippen molar-refractivity contribution in [1.82, 2.24) is 0 Å². The van der Waals surface area contributed by atoms with Crippen molar-refractivity contribution < 1.29 is 4.79 Å². The minimum Gasteiger partial charge on any atom is -0.292 e. The number of aryl methyl sites for hydroxylation is 3. The average molecular weight is 356 g/mol. The van der Waals surface area contributed by atoms with Gasteiger partial charge in [0, 0.05) is 18.7 Å². The molecule has 3 aromatic carbocycles. The van der Waals surface area contributed by atoms with E-state index in [2.05, 4.69) is 51.1 Å².